The maximum atomic E-state index is 12.9. The SMILES string of the molecule is CCCN1CC(=O)N2Cc3c(c(OC)c(C)c(C)c3OC)CC2C1=O. The summed E-state index contributed by atoms with van der Waals surface area (Å²) in [6.07, 6.45) is 1.32. The van der Waals surface area contributed by atoms with E-state index in [9.17, 15) is 9.59 Å². The molecule has 0 saturated carbocycles. The molecule has 0 spiro atoms. The molecule has 6 heteroatoms. The van der Waals surface area contributed by atoms with Crippen LogP contribution in [0.25, 0.3) is 0 Å². The van der Waals surface area contributed by atoms with Gasteiger partial charge in [0.15, 0.2) is 0 Å². The first-order valence-corrected chi connectivity index (χ1v) is 8.75. The number of rotatable bonds is 4. The second-order valence-corrected chi connectivity index (χ2v) is 6.77. The molecule has 0 bridgehead atoms. The molecular weight excluding hydrogens is 320 g/mol. The van der Waals surface area contributed by atoms with Crippen LogP contribution in [0.2, 0.25) is 0 Å². The molecular formula is C19H26N2O4. The smallest absolute Gasteiger partial charge is 0.246 e. The zero-order valence-electron chi connectivity index (χ0n) is 15.6. The van der Waals surface area contributed by atoms with Crippen molar-refractivity contribution < 1.29 is 19.1 Å². The fourth-order valence-corrected chi connectivity index (χ4v) is 4.07. The molecule has 0 aliphatic carbocycles. The van der Waals surface area contributed by atoms with Gasteiger partial charge in [0.25, 0.3) is 0 Å². The van der Waals surface area contributed by atoms with Crippen LogP contribution in [0.1, 0.15) is 35.6 Å². The summed E-state index contributed by atoms with van der Waals surface area (Å²) in [5, 5.41) is 0. The average molecular weight is 346 g/mol. The summed E-state index contributed by atoms with van der Waals surface area (Å²) < 4.78 is 11.3. The maximum Gasteiger partial charge on any atom is 0.246 e. The molecule has 2 aliphatic rings. The third kappa shape index (κ3) is 2.64. The summed E-state index contributed by atoms with van der Waals surface area (Å²) in [4.78, 5) is 28.9. The number of carbonyl (C=O) groups excluding carboxylic acids is 2. The lowest BCUT2D eigenvalue weighted by Gasteiger charge is -2.44. The number of amides is 2. The molecule has 3 rings (SSSR count). The van der Waals surface area contributed by atoms with Crippen LogP contribution in [0, 0.1) is 13.8 Å². The summed E-state index contributed by atoms with van der Waals surface area (Å²) in [5.74, 6) is 1.64. The number of benzene rings is 1. The van der Waals surface area contributed by atoms with Gasteiger partial charge < -0.3 is 19.3 Å². The molecule has 2 amide bonds. The van der Waals surface area contributed by atoms with Crippen LogP contribution in [0.15, 0.2) is 0 Å². The number of carbonyl (C=O) groups is 2. The molecule has 0 radical (unpaired) electrons. The third-order valence-electron chi connectivity index (χ3n) is 5.40. The van der Waals surface area contributed by atoms with E-state index in [1.165, 1.54) is 0 Å². The molecule has 1 aromatic rings. The highest BCUT2D eigenvalue weighted by Crippen LogP contribution is 2.43. The molecule has 1 fully saturated rings. The molecule has 1 aromatic carbocycles. The lowest BCUT2D eigenvalue weighted by atomic mass is 9.86. The minimum atomic E-state index is -0.444. The van der Waals surface area contributed by atoms with E-state index in [0.29, 0.717) is 19.5 Å². The molecule has 0 N–H and O–H groups in total. The van der Waals surface area contributed by atoms with E-state index in [4.69, 9.17) is 9.47 Å². The Kier molecular flexibility index (Phi) is 4.62. The van der Waals surface area contributed by atoms with Gasteiger partial charge in [-0.15, -0.1) is 0 Å². The first-order chi connectivity index (χ1) is 11.9. The number of piperazine rings is 1. The molecule has 136 valence electrons. The zero-order chi connectivity index (χ0) is 18.3. The van der Waals surface area contributed by atoms with Crippen molar-refractivity contribution >= 4 is 11.8 Å². The predicted molar refractivity (Wildman–Crippen MR) is 93.9 cm³/mol. The van der Waals surface area contributed by atoms with Gasteiger partial charge in [0.05, 0.1) is 27.3 Å². The Labute approximate surface area is 148 Å². The highest BCUT2D eigenvalue weighted by atomic mass is 16.5. The second kappa shape index (κ2) is 6.58. The van der Waals surface area contributed by atoms with Gasteiger partial charge in [-0.25, -0.2) is 0 Å². The lowest BCUT2D eigenvalue weighted by molar-refractivity contribution is -0.157. The Bertz CT molecular complexity index is 729. The Balaban J connectivity index is 2.10. The Morgan fingerprint density at radius 1 is 1.00 bits per heavy atom. The van der Waals surface area contributed by atoms with Gasteiger partial charge in [0, 0.05) is 24.1 Å². The fourth-order valence-electron chi connectivity index (χ4n) is 4.07. The van der Waals surface area contributed by atoms with Crippen molar-refractivity contribution in [1.29, 1.82) is 0 Å². The molecule has 2 aliphatic heterocycles. The van der Waals surface area contributed by atoms with Crippen molar-refractivity contribution in [2.24, 2.45) is 0 Å². The number of hydrogen-bond acceptors (Lipinski definition) is 4. The van der Waals surface area contributed by atoms with Crippen molar-refractivity contribution in [2.45, 2.75) is 46.2 Å². The number of ether oxygens (including phenoxy) is 2. The van der Waals surface area contributed by atoms with Crippen molar-refractivity contribution in [3.8, 4) is 11.5 Å². The first kappa shape index (κ1) is 17.6. The Morgan fingerprint density at radius 2 is 1.60 bits per heavy atom. The van der Waals surface area contributed by atoms with Gasteiger partial charge in [-0.1, -0.05) is 6.92 Å². The molecule has 1 atom stereocenters. The summed E-state index contributed by atoms with van der Waals surface area (Å²) in [6, 6.07) is -0.444. The summed E-state index contributed by atoms with van der Waals surface area (Å²) in [7, 11) is 3.30. The van der Waals surface area contributed by atoms with Crippen LogP contribution in [-0.4, -0.2) is 55.0 Å². The number of nitrogens with zero attached hydrogens (tertiary/aromatic N) is 2. The van der Waals surface area contributed by atoms with Gasteiger partial charge >= 0.3 is 0 Å². The van der Waals surface area contributed by atoms with Gasteiger partial charge in [0.2, 0.25) is 11.8 Å². The average Bonchev–Trinajstić information content (AvgIpc) is 2.60. The van der Waals surface area contributed by atoms with Crippen molar-refractivity contribution in [1.82, 2.24) is 9.80 Å². The van der Waals surface area contributed by atoms with E-state index in [1.54, 1.807) is 24.0 Å². The standard InChI is InChI=1S/C19H26N2O4/c1-6-7-20-10-16(22)21-9-14-13(8-15(21)19(20)23)17(24-4)11(2)12(3)18(14)25-5/h15H,6-10H2,1-5H3. The maximum absolute atomic E-state index is 12.9. The number of methoxy groups -OCH3 is 2. The van der Waals surface area contributed by atoms with E-state index in [-0.39, 0.29) is 18.4 Å². The second-order valence-electron chi connectivity index (χ2n) is 6.77. The van der Waals surface area contributed by atoms with Gasteiger partial charge in [-0.3, -0.25) is 9.59 Å². The molecule has 1 saturated heterocycles. The number of hydrogen-bond donors (Lipinski definition) is 0. The van der Waals surface area contributed by atoms with E-state index in [1.807, 2.05) is 20.8 Å². The summed E-state index contributed by atoms with van der Waals surface area (Å²) >= 11 is 0. The zero-order valence-corrected chi connectivity index (χ0v) is 15.6. The predicted octanol–water partition coefficient (Wildman–Crippen LogP) is 1.83. The van der Waals surface area contributed by atoms with Crippen LogP contribution in [0.4, 0.5) is 0 Å². The van der Waals surface area contributed by atoms with Crippen molar-refractivity contribution in [3.63, 3.8) is 0 Å². The van der Waals surface area contributed by atoms with Crippen LogP contribution >= 0.6 is 0 Å². The third-order valence-corrected chi connectivity index (χ3v) is 5.40. The Hall–Kier alpha value is -2.24. The topological polar surface area (TPSA) is 59.1 Å². The van der Waals surface area contributed by atoms with E-state index in [2.05, 4.69) is 0 Å². The molecule has 2 heterocycles. The van der Waals surface area contributed by atoms with Crippen molar-refractivity contribution in [2.75, 3.05) is 27.3 Å². The summed E-state index contributed by atoms with van der Waals surface area (Å²) in [6.45, 7) is 7.19. The van der Waals surface area contributed by atoms with Crippen LogP contribution in [0.5, 0.6) is 11.5 Å². The largest absolute Gasteiger partial charge is 0.496 e. The van der Waals surface area contributed by atoms with Crippen molar-refractivity contribution in [3.05, 3.63) is 22.3 Å². The van der Waals surface area contributed by atoms with Gasteiger partial charge in [-0.2, -0.15) is 0 Å². The molecule has 0 aromatic heterocycles. The minimum absolute atomic E-state index is 0.00273. The molecule has 1 unspecified atom stereocenters. The van der Waals surface area contributed by atoms with E-state index in [0.717, 1.165) is 40.2 Å². The van der Waals surface area contributed by atoms with Crippen LogP contribution < -0.4 is 9.47 Å². The molecule has 25 heavy (non-hydrogen) atoms. The van der Waals surface area contributed by atoms with Gasteiger partial charge in [0.1, 0.15) is 17.5 Å². The highest BCUT2D eigenvalue weighted by molar-refractivity contribution is 5.95. The number of fused-ring (bicyclic) bond motifs is 2. The van der Waals surface area contributed by atoms with Gasteiger partial charge in [-0.05, 0) is 31.4 Å². The van der Waals surface area contributed by atoms with E-state index < -0.39 is 6.04 Å². The highest BCUT2D eigenvalue weighted by Gasteiger charge is 2.43. The minimum Gasteiger partial charge on any atom is -0.496 e. The quantitative estimate of drug-likeness (QED) is 0.834. The molecule has 6 nitrogen and oxygen atoms in total. The van der Waals surface area contributed by atoms with E-state index >= 15 is 0 Å². The van der Waals surface area contributed by atoms with Crippen LogP contribution in [-0.2, 0) is 22.6 Å². The first-order valence-electron chi connectivity index (χ1n) is 8.75. The fraction of sp³-hybridized carbons (Fsp3) is 0.579. The summed E-state index contributed by atoms with van der Waals surface area (Å²) in [5.41, 5.74) is 3.98. The Morgan fingerprint density at radius 3 is 2.16 bits per heavy atom. The van der Waals surface area contributed by atoms with Crippen LogP contribution in [0.3, 0.4) is 0 Å². The normalized spacial score (nSPS) is 19.6. The monoisotopic (exact) mass is 346 g/mol. The lowest BCUT2D eigenvalue weighted by Crippen LogP contribution is -2.61.